The Bertz CT molecular complexity index is 1040. The summed E-state index contributed by atoms with van der Waals surface area (Å²) in [6.07, 6.45) is 1.44. The summed E-state index contributed by atoms with van der Waals surface area (Å²) >= 11 is 0. The molecule has 2 heterocycles. The fourth-order valence-corrected chi connectivity index (χ4v) is 3.00. The summed E-state index contributed by atoms with van der Waals surface area (Å²) in [5.41, 5.74) is 2.63. The van der Waals surface area contributed by atoms with Crippen LogP contribution in [0.25, 0.3) is 22.3 Å². The molecular weight excluding hydrogens is 334 g/mol. The van der Waals surface area contributed by atoms with Crippen molar-refractivity contribution in [2.75, 3.05) is 11.9 Å². The smallest absolute Gasteiger partial charge is 0.143 e. The zero-order chi connectivity index (χ0) is 18.1. The molecule has 4 aromatic rings. The monoisotopic (exact) mass is 350 g/mol. The predicted octanol–water partition coefficient (Wildman–Crippen LogP) is 4.54. The molecule has 2 aromatic carbocycles. The average molecular weight is 350 g/mol. The van der Waals surface area contributed by atoms with Gasteiger partial charge < -0.3 is 9.88 Å². The van der Waals surface area contributed by atoms with Gasteiger partial charge in [-0.2, -0.15) is 0 Å². The van der Waals surface area contributed by atoms with Crippen molar-refractivity contribution >= 4 is 16.9 Å². The Morgan fingerprint density at radius 1 is 0.962 bits per heavy atom. The van der Waals surface area contributed by atoms with Crippen LogP contribution in [-0.2, 0) is 6.54 Å². The number of benzene rings is 2. The number of hydrogen-bond acceptors (Lipinski definition) is 3. The van der Waals surface area contributed by atoms with Crippen LogP contribution < -0.4 is 4.90 Å². The van der Waals surface area contributed by atoms with E-state index in [9.17, 15) is 8.78 Å². The van der Waals surface area contributed by atoms with Gasteiger partial charge in [-0.05, 0) is 23.8 Å². The van der Waals surface area contributed by atoms with Crippen LogP contribution >= 0.6 is 0 Å². The van der Waals surface area contributed by atoms with Gasteiger partial charge in [-0.15, -0.1) is 0 Å². The minimum atomic E-state index is -0.568. The summed E-state index contributed by atoms with van der Waals surface area (Å²) < 4.78 is 27.9. The van der Waals surface area contributed by atoms with Crippen LogP contribution in [0, 0.1) is 11.6 Å². The van der Waals surface area contributed by atoms with Crippen molar-refractivity contribution in [3.63, 3.8) is 0 Å². The standard InChI is InChI=1S/C20H16F2N4/c1-26(11-15-16(21)8-5-9-17(15)22)20-14-10-18(13-6-3-2-4-7-13)25-19(14)23-12-24-20/h2-10,12H,11H2,1H3,(H,23,24,25). The van der Waals surface area contributed by atoms with Crippen LogP contribution in [0.1, 0.15) is 5.56 Å². The highest BCUT2D eigenvalue weighted by Gasteiger charge is 2.16. The lowest BCUT2D eigenvalue weighted by Crippen LogP contribution is -2.19. The molecule has 0 fully saturated rings. The highest BCUT2D eigenvalue weighted by Crippen LogP contribution is 2.29. The van der Waals surface area contributed by atoms with E-state index in [1.807, 2.05) is 36.4 Å². The van der Waals surface area contributed by atoms with Crippen LogP contribution in [-0.4, -0.2) is 22.0 Å². The number of nitrogens with zero attached hydrogens (tertiary/aromatic N) is 3. The van der Waals surface area contributed by atoms with Gasteiger partial charge in [0.2, 0.25) is 0 Å². The third-order valence-electron chi connectivity index (χ3n) is 4.31. The number of anilines is 1. The van der Waals surface area contributed by atoms with Gasteiger partial charge in [-0.1, -0.05) is 36.4 Å². The Morgan fingerprint density at radius 3 is 2.42 bits per heavy atom. The molecule has 0 aliphatic carbocycles. The average Bonchev–Trinajstić information content (AvgIpc) is 3.09. The zero-order valence-corrected chi connectivity index (χ0v) is 14.1. The molecule has 4 nitrogen and oxygen atoms in total. The third-order valence-corrected chi connectivity index (χ3v) is 4.31. The molecule has 0 bridgehead atoms. The molecule has 0 radical (unpaired) electrons. The first-order valence-corrected chi connectivity index (χ1v) is 8.16. The van der Waals surface area contributed by atoms with Crippen molar-refractivity contribution in [1.29, 1.82) is 0 Å². The van der Waals surface area contributed by atoms with Crippen molar-refractivity contribution in [3.8, 4) is 11.3 Å². The number of aromatic amines is 1. The molecule has 1 N–H and O–H groups in total. The minimum Gasteiger partial charge on any atom is -0.354 e. The number of aromatic nitrogens is 3. The SMILES string of the molecule is CN(Cc1c(F)cccc1F)c1ncnc2[nH]c(-c3ccccc3)cc12. The fraction of sp³-hybridized carbons (Fsp3) is 0.100. The van der Waals surface area contributed by atoms with Gasteiger partial charge in [0.05, 0.1) is 5.39 Å². The highest BCUT2D eigenvalue weighted by molar-refractivity contribution is 5.91. The quantitative estimate of drug-likeness (QED) is 0.588. The molecule has 4 rings (SSSR count). The van der Waals surface area contributed by atoms with Gasteiger partial charge >= 0.3 is 0 Å². The molecule has 0 saturated heterocycles. The van der Waals surface area contributed by atoms with Crippen molar-refractivity contribution in [2.24, 2.45) is 0 Å². The van der Waals surface area contributed by atoms with Crippen LogP contribution in [0.15, 0.2) is 60.9 Å². The zero-order valence-electron chi connectivity index (χ0n) is 14.1. The summed E-state index contributed by atoms with van der Waals surface area (Å²) in [4.78, 5) is 13.6. The largest absolute Gasteiger partial charge is 0.354 e. The maximum atomic E-state index is 14.0. The Hall–Kier alpha value is -3.28. The van der Waals surface area contributed by atoms with Gasteiger partial charge in [-0.3, -0.25) is 0 Å². The second-order valence-electron chi connectivity index (χ2n) is 6.06. The van der Waals surface area contributed by atoms with Gasteiger partial charge in [0, 0.05) is 24.8 Å². The van der Waals surface area contributed by atoms with Crippen LogP contribution in [0.2, 0.25) is 0 Å². The molecular formula is C20H16F2N4. The fourth-order valence-electron chi connectivity index (χ4n) is 3.00. The topological polar surface area (TPSA) is 44.8 Å². The van der Waals surface area contributed by atoms with E-state index in [1.165, 1.54) is 24.5 Å². The summed E-state index contributed by atoms with van der Waals surface area (Å²) in [6, 6.07) is 15.7. The summed E-state index contributed by atoms with van der Waals surface area (Å²) in [5, 5.41) is 0.797. The molecule has 6 heteroatoms. The molecule has 0 amide bonds. The summed E-state index contributed by atoms with van der Waals surface area (Å²) in [7, 11) is 1.75. The van der Waals surface area contributed by atoms with E-state index in [2.05, 4.69) is 15.0 Å². The highest BCUT2D eigenvalue weighted by atomic mass is 19.1. The molecule has 26 heavy (non-hydrogen) atoms. The van der Waals surface area contributed by atoms with Crippen LogP contribution in [0.3, 0.4) is 0 Å². The number of fused-ring (bicyclic) bond motifs is 1. The first kappa shape index (κ1) is 16.2. The molecule has 0 aliphatic heterocycles. The Balaban J connectivity index is 1.73. The lowest BCUT2D eigenvalue weighted by molar-refractivity contribution is 0.553. The van der Waals surface area contributed by atoms with Crippen molar-refractivity contribution in [1.82, 2.24) is 15.0 Å². The van der Waals surface area contributed by atoms with E-state index < -0.39 is 11.6 Å². The van der Waals surface area contributed by atoms with Gasteiger partial charge in [0.15, 0.2) is 0 Å². The number of hydrogen-bond donors (Lipinski definition) is 1. The van der Waals surface area contributed by atoms with E-state index in [4.69, 9.17) is 0 Å². The molecule has 2 aromatic heterocycles. The third kappa shape index (κ3) is 2.90. The Kier molecular flexibility index (Phi) is 4.08. The molecule has 0 saturated carbocycles. The van der Waals surface area contributed by atoms with Crippen LogP contribution in [0.5, 0.6) is 0 Å². The van der Waals surface area contributed by atoms with E-state index in [0.29, 0.717) is 11.5 Å². The van der Waals surface area contributed by atoms with Crippen molar-refractivity contribution in [3.05, 3.63) is 78.1 Å². The van der Waals surface area contributed by atoms with E-state index in [1.54, 1.807) is 11.9 Å². The predicted molar refractivity (Wildman–Crippen MR) is 97.8 cm³/mol. The van der Waals surface area contributed by atoms with Gasteiger partial charge in [0.25, 0.3) is 0 Å². The second-order valence-corrected chi connectivity index (χ2v) is 6.06. The second kappa shape index (κ2) is 6.55. The van der Waals surface area contributed by atoms with E-state index in [-0.39, 0.29) is 12.1 Å². The number of H-pyrrole nitrogens is 1. The Morgan fingerprint density at radius 2 is 1.69 bits per heavy atom. The van der Waals surface area contributed by atoms with Gasteiger partial charge in [-0.25, -0.2) is 18.7 Å². The normalized spacial score (nSPS) is 11.0. The number of nitrogens with one attached hydrogen (secondary N) is 1. The molecule has 0 unspecified atom stereocenters. The van der Waals surface area contributed by atoms with Crippen molar-refractivity contribution < 1.29 is 8.78 Å². The Labute approximate surface area is 149 Å². The van der Waals surface area contributed by atoms with Crippen LogP contribution in [0.4, 0.5) is 14.6 Å². The van der Waals surface area contributed by atoms with Gasteiger partial charge in [0.1, 0.15) is 29.4 Å². The molecule has 0 spiro atoms. The lowest BCUT2D eigenvalue weighted by Gasteiger charge is -2.19. The van der Waals surface area contributed by atoms with Crippen molar-refractivity contribution in [2.45, 2.75) is 6.54 Å². The molecule has 0 aliphatic rings. The lowest BCUT2D eigenvalue weighted by atomic mass is 10.1. The summed E-state index contributed by atoms with van der Waals surface area (Å²) in [5.74, 6) is -0.529. The first-order valence-electron chi connectivity index (χ1n) is 8.16. The number of rotatable bonds is 4. The maximum absolute atomic E-state index is 14.0. The maximum Gasteiger partial charge on any atom is 0.143 e. The molecule has 130 valence electrons. The summed E-state index contributed by atoms with van der Waals surface area (Å²) in [6.45, 7) is 0.0659. The van der Waals surface area contributed by atoms with E-state index >= 15 is 0 Å². The van der Waals surface area contributed by atoms with E-state index in [0.717, 1.165) is 16.6 Å². The molecule has 0 atom stereocenters. The first-order chi connectivity index (χ1) is 12.6. The minimum absolute atomic E-state index is 0.0144. The number of halogens is 2.